The van der Waals surface area contributed by atoms with Crippen molar-refractivity contribution in [3.63, 3.8) is 0 Å². The van der Waals surface area contributed by atoms with Gasteiger partial charge in [0, 0.05) is 13.2 Å². The zero-order chi connectivity index (χ0) is 15.4. The van der Waals surface area contributed by atoms with E-state index in [1.54, 1.807) is 0 Å². The number of hydrogen-bond acceptors (Lipinski definition) is 5. The largest absolute Gasteiger partial charge is 0.383 e. The van der Waals surface area contributed by atoms with Gasteiger partial charge in [0.25, 0.3) is 0 Å². The highest BCUT2D eigenvalue weighted by Gasteiger charge is 2.19. The highest BCUT2D eigenvalue weighted by atomic mass is 32.2. The maximum Gasteiger partial charge on any atom is 0.240 e. The van der Waals surface area contributed by atoms with Crippen molar-refractivity contribution in [2.45, 2.75) is 29.2 Å². The van der Waals surface area contributed by atoms with Crippen LogP contribution in [0, 0.1) is 0 Å². The predicted octanol–water partition coefficient (Wildman–Crippen LogP) is 0.0373. The second-order valence-corrected chi connectivity index (χ2v) is 7.47. The fourth-order valence-electron chi connectivity index (χ4n) is 1.53. The number of nitrogens with two attached hydrogens (primary N) is 1. The molecule has 0 aromatic heterocycles. The topological polar surface area (TPSA) is 116 Å². The second kappa shape index (κ2) is 6.64. The summed E-state index contributed by atoms with van der Waals surface area (Å²) in [6.07, 6.45) is 0.572. The van der Waals surface area contributed by atoms with Crippen LogP contribution < -0.4 is 9.86 Å². The fourth-order valence-corrected chi connectivity index (χ4v) is 3.35. The van der Waals surface area contributed by atoms with E-state index in [-0.39, 0.29) is 22.4 Å². The molecule has 0 radical (unpaired) electrons. The number of benzene rings is 1. The smallest absolute Gasteiger partial charge is 0.240 e. The first kappa shape index (κ1) is 17.1. The zero-order valence-electron chi connectivity index (χ0n) is 11.2. The Kier molecular flexibility index (Phi) is 5.66. The third kappa shape index (κ3) is 4.53. The number of rotatable bonds is 7. The summed E-state index contributed by atoms with van der Waals surface area (Å²) >= 11 is 0. The number of ether oxygens (including phenoxy) is 1. The summed E-state index contributed by atoms with van der Waals surface area (Å²) in [5.74, 6) is 0. The Bertz CT molecular complexity index is 638. The number of primary sulfonamides is 1. The van der Waals surface area contributed by atoms with Crippen molar-refractivity contribution in [2.75, 3.05) is 13.7 Å². The number of nitrogens with one attached hydrogen (secondary N) is 1. The van der Waals surface area contributed by atoms with E-state index in [0.717, 1.165) is 12.1 Å². The van der Waals surface area contributed by atoms with Crippen molar-refractivity contribution >= 4 is 20.0 Å². The number of methoxy groups -OCH3 is 1. The van der Waals surface area contributed by atoms with Gasteiger partial charge in [-0.2, -0.15) is 0 Å². The summed E-state index contributed by atoms with van der Waals surface area (Å²) in [4.78, 5) is -0.167. The molecule has 0 aliphatic carbocycles. The normalized spacial score (nSPS) is 14.2. The molecular formula is C11H18N2O5S2. The summed E-state index contributed by atoms with van der Waals surface area (Å²) < 4.78 is 53.8. The van der Waals surface area contributed by atoms with E-state index in [9.17, 15) is 16.8 Å². The van der Waals surface area contributed by atoms with E-state index in [0.29, 0.717) is 6.42 Å². The van der Waals surface area contributed by atoms with Crippen molar-refractivity contribution < 1.29 is 21.6 Å². The molecule has 1 aromatic carbocycles. The Morgan fingerprint density at radius 1 is 1.15 bits per heavy atom. The summed E-state index contributed by atoms with van der Waals surface area (Å²) in [5, 5.41) is 4.95. The maximum atomic E-state index is 12.1. The molecule has 0 fully saturated rings. The lowest BCUT2D eigenvalue weighted by Gasteiger charge is -2.16. The second-order valence-electron chi connectivity index (χ2n) is 4.20. The van der Waals surface area contributed by atoms with Crippen LogP contribution >= 0.6 is 0 Å². The minimum atomic E-state index is -3.84. The third-order valence-electron chi connectivity index (χ3n) is 2.65. The lowest BCUT2D eigenvalue weighted by molar-refractivity contribution is 0.173. The minimum Gasteiger partial charge on any atom is -0.383 e. The van der Waals surface area contributed by atoms with Gasteiger partial charge in [-0.1, -0.05) is 6.92 Å². The number of hydrogen-bond donors (Lipinski definition) is 2. The molecule has 7 nitrogen and oxygen atoms in total. The van der Waals surface area contributed by atoms with E-state index >= 15 is 0 Å². The molecule has 1 rings (SSSR count). The molecule has 1 unspecified atom stereocenters. The molecule has 0 saturated heterocycles. The van der Waals surface area contributed by atoms with Gasteiger partial charge in [0.05, 0.1) is 16.4 Å². The highest BCUT2D eigenvalue weighted by Crippen LogP contribution is 2.14. The Labute approximate surface area is 119 Å². The van der Waals surface area contributed by atoms with Crippen LogP contribution in [0.1, 0.15) is 13.3 Å². The summed E-state index contributed by atoms with van der Waals surface area (Å²) in [7, 11) is -6.07. The van der Waals surface area contributed by atoms with E-state index in [1.165, 1.54) is 19.2 Å². The van der Waals surface area contributed by atoms with Crippen LogP contribution in [-0.4, -0.2) is 36.6 Å². The monoisotopic (exact) mass is 322 g/mol. The Morgan fingerprint density at radius 2 is 1.65 bits per heavy atom. The first-order valence-electron chi connectivity index (χ1n) is 5.85. The van der Waals surface area contributed by atoms with E-state index in [1.807, 2.05) is 6.92 Å². The molecule has 0 aliphatic heterocycles. The summed E-state index contributed by atoms with van der Waals surface area (Å²) in [6, 6.07) is 4.36. The molecule has 114 valence electrons. The van der Waals surface area contributed by atoms with Crippen LogP contribution in [0.15, 0.2) is 34.1 Å². The van der Waals surface area contributed by atoms with Gasteiger partial charge in [0.2, 0.25) is 20.0 Å². The van der Waals surface area contributed by atoms with E-state index in [2.05, 4.69) is 4.72 Å². The maximum absolute atomic E-state index is 12.1. The van der Waals surface area contributed by atoms with E-state index < -0.39 is 20.0 Å². The predicted molar refractivity (Wildman–Crippen MR) is 74.1 cm³/mol. The fraction of sp³-hybridized carbons (Fsp3) is 0.455. The molecule has 0 spiro atoms. The van der Waals surface area contributed by atoms with E-state index in [4.69, 9.17) is 9.88 Å². The van der Waals surface area contributed by atoms with Gasteiger partial charge < -0.3 is 4.74 Å². The van der Waals surface area contributed by atoms with Crippen LogP contribution in [0.2, 0.25) is 0 Å². The molecule has 20 heavy (non-hydrogen) atoms. The highest BCUT2D eigenvalue weighted by molar-refractivity contribution is 7.89. The van der Waals surface area contributed by atoms with Crippen LogP contribution in [0.4, 0.5) is 0 Å². The Hall–Kier alpha value is -1.00. The van der Waals surface area contributed by atoms with Gasteiger partial charge >= 0.3 is 0 Å². The first-order chi connectivity index (χ1) is 9.20. The lowest BCUT2D eigenvalue weighted by Crippen LogP contribution is -2.37. The molecule has 0 bridgehead atoms. The van der Waals surface area contributed by atoms with Gasteiger partial charge in [0.15, 0.2) is 0 Å². The molecule has 1 aromatic rings. The van der Waals surface area contributed by atoms with Gasteiger partial charge in [-0.25, -0.2) is 26.7 Å². The van der Waals surface area contributed by atoms with Gasteiger partial charge in [-0.3, -0.25) is 0 Å². The molecule has 3 N–H and O–H groups in total. The third-order valence-corrected chi connectivity index (χ3v) is 5.11. The average Bonchev–Trinajstić information content (AvgIpc) is 2.37. The van der Waals surface area contributed by atoms with Crippen LogP contribution in [0.25, 0.3) is 0 Å². The molecular weight excluding hydrogens is 304 g/mol. The van der Waals surface area contributed by atoms with Crippen LogP contribution in [-0.2, 0) is 24.8 Å². The van der Waals surface area contributed by atoms with Crippen molar-refractivity contribution in [1.29, 1.82) is 0 Å². The lowest BCUT2D eigenvalue weighted by atomic mass is 10.3. The van der Waals surface area contributed by atoms with Gasteiger partial charge in [-0.05, 0) is 30.7 Å². The van der Waals surface area contributed by atoms with Crippen molar-refractivity contribution in [2.24, 2.45) is 5.14 Å². The molecule has 0 amide bonds. The van der Waals surface area contributed by atoms with Crippen LogP contribution in [0.3, 0.4) is 0 Å². The first-order valence-corrected chi connectivity index (χ1v) is 8.87. The van der Waals surface area contributed by atoms with Crippen molar-refractivity contribution in [3.05, 3.63) is 24.3 Å². The zero-order valence-corrected chi connectivity index (χ0v) is 12.9. The molecule has 0 heterocycles. The Morgan fingerprint density at radius 3 is 2.05 bits per heavy atom. The minimum absolute atomic E-state index is 0.0283. The number of sulfonamides is 2. The molecule has 1 atom stereocenters. The Balaban J connectivity index is 2.99. The molecule has 0 aliphatic rings. The van der Waals surface area contributed by atoms with Gasteiger partial charge in [-0.15, -0.1) is 0 Å². The van der Waals surface area contributed by atoms with Crippen LogP contribution in [0.5, 0.6) is 0 Å². The average molecular weight is 322 g/mol. The SMILES string of the molecule is CCC(COC)NS(=O)(=O)c1ccc(S(N)(=O)=O)cc1. The quantitative estimate of drug-likeness (QED) is 0.735. The molecule has 0 saturated carbocycles. The molecule has 9 heteroatoms. The van der Waals surface area contributed by atoms with Crippen molar-refractivity contribution in [3.8, 4) is 0 Å². The summed E-state index contributed by atoms with van der Waals surface area (Å²) in [6.45, 7) is 2.08. The van der Waals surface area contributed by atoms with Crippen molar-refractivity contribution in [1.82, 2.24) is 4.72 Å². The standard InChI is InChI=1S/C11H18N2O5S2/c1-3-9(8-18-2)13-20(16,17)11-6-4-10(5-7-11)19(12,14)15/h4-7,9,13H,3,8H2,1-2H3,(H2,12,14,15). The summed E-state index contributed by atoms with van der Waals surface area (Å²) in [5.41, 5.74) is 0. The van der Waals surface area contributed by atoms with Gasteiger partial charge in [0.1, 0.15) is 0 Å².